The molecule has 1 aliphatic rings. The van der Waals surface area contributed by atoms with Crippen molar-refractivity contribution in [1.82, 2.24) is 15.5 Å². The van der Waals surface area contributed by atoms with Crippen LogP contribution in [-0.4, -0.2) is 27.1 Å². The topological polar surface area (TPSA) is 105 Å². The summed E-state index contributed by atoms with van der Waals surface area (Å²) >= 11 is 0. The minimum atomic E-state index is -0.905. The Bertz CT molecular complexity index is 485. The maximum atomic E-state index is 12.0. The fourth-order valence-corrected chi connectivity index (χ4v) is 2.56. The van der Waals surface area contributed by atoms with E-state index in [-0.39, 0.29) is 18.4 Å². The molecule has 19 heavy (non-hydrogen) atoms. The Morgan fingerprint density at radius 1 is 1.42 bits per heavy atom. The number of rotatable bonds is 4. The van der Waals surface area contributed by atoms with E-state index in [0.29, 0.717) is 24.6 Å². The average molecular weight is 267 g/mol. The Kier molecular flexibility index (Phi) is 3.82. The molecule has 7 nitrogen and oxygen atoms in total. The van der Waals surface area contributed by atoms with Crippen LogP contribution in [0.2, 0.25) is 0 Å². The van der Waals surface area contributed by atoms with Gasteiger partial charge in [0.25, 0.3) is 0 Å². The molecule has 1 aromatic rings. The number of nitrogens with zero attached hydrogens (tertiary/aromatic N) is 2. The van der Waals surface area contributed by atoms with Crippen LogP contribution in [0.1, 0.15) is 31.5 Å². The lowest BCUT2D eigenvalue weighted by Gasteiger charge is -2.14. The third-order valence-corrected chi connectivity index (χ3v) is 3.44. The second kappa shape index (κ2) is 5.38. The molecular weight excluding hydrogens is 250 g/mol. The number of carbonyl (C=O) groups is 2. The number of carboxylic acids is 1. The van der Waals surface area contributed by atoms with Crippen LogP contribution in [-0.2, 0) is 16.1 Å². The summed E-state index contributed by atoms with van der Waals surface area (Å²) in [6.07, 6.45) is 1.15. The van der Waals surface area contributed by atoms with Crippen molar-refractivity contribution in [2.24, 2.45) is 17.8 Å². The quantitative estimate of drug-likeness (QED) is 0.833. The summed E-state index contributed by atoms with van der Waals surface area (Å²) in [5.41, 5.74) is 0. The highest BCUT2D eigenvalue weighted by Crippen LogP contribution is 2.36. The van der Waals surface area contributed by atoms with E-state index in [1.165, 1.54) is 0 Å². The van der Waals surface area contributed by atoms with Crippen LogP contribution in [0.4, 0.5) is 0 Å². The second-order valence-electron chi connectivity index (χ2n) is 5.08. The molecule has 3 unspecified atom stereocenters. The zero-order valence-corrected chi connectivity index (χ0v) is 10.9. The van der Waals surface area contributed by atoms with Crippen molar-refractivity contribution in [3.8, 4) is 0 Å². The molecule has 1 aliphatic carbocycles. The number of aromatic nitrogens is 2. The van der Waals surface area contributed by atoms with Gasteiger partial charge >= 0.3 is 5.97 Å². The Morgan fingerprint density at radius 3 is 2.68 bits per heavy atom. The maximum absolute atomic E-state index is 12.0. The molecule has 1 aromatic heterocycles. The predicted octanol–water partition coefficient (Wildman–Crippen LogP) is 0.741. The normalized spacial score (nSPS) is 26.3. The second-order valence-corrected chi connectivity index (χ2v) is 5.08. The van der Waals surface area contributed by atoms with Gasteiger partial charge in [-0.25, -0.2) is 0 Å². The van der Waals surface area contributed by atoms with Gasteiger partial charge in [0.2, 0.25) is 11.8 Å². The van der Waals surface area contributed by atoms with Crippen LogP contribution in [0.25, 0.3) is 0 Å². The minimum absolute atomic E-state index is 0.136. The molecule has 3 atom stereocenters. The van der Waals surface area contributed by atoms with Crippen molar-refractivity contribution >= 4 is 11.9 Å². The Labute approximate surface area is 110 Å². The van der Waals surface area contributed by atoms with Crippen molar-refractivity contribution in [3.05, 3.63) is 11.7 Å². The van der Waals surface area contributed by atoms with E-state index in [1.54, 1.807) is 6.92 Å². The summed E-state index contributed by atoms with van der Waals surface area (Å²) in [5, 5.41) is 15.4. The standard InChI is InChI=1S/C12H17N3O4/c1-6-3-8(9(4-6)12(17)18)11(16)13-5-10-14-7(2)15-19-10/h6,8-9H,3-5H2,1-2H3,(H,13,16)(H,17,18). The molecule has 0 bridgehead atoms. The number of amides is 1. The lowest BCUT2D eigenvalue weighted by atomic mass is 9.95. The summed E-state index contributed by atoms with van der Waals surface area (Å²) in [7, 11) is 0. The SMILES string of the molecule is Cc1noc(CNC(=O)C2CC(C)CC2C(=O)O)n1. The van der Waals surface area contributed by atoms with E-state index in [1.807, 2.05) is 6.92 Å². The van der Waals surface area contributed by atoms with Crippen molar-refractivity contribution in [2.75, 3.05) is 0 Å². The van der Waals surface area contributed by atoms with E-state index in [0.717, 1.165) is 0 Å². The maximum Gasteiger partial charge on any atom is 0.307 e. The molecule has 0 saturated heterocycles. The number of carboxylic acid groups (broad SMARTS) is 1. The summed E-state index contributed by atoms with van der Waals surface area (Å²) in [5.74, 6) is -1.16. The van der Waals surface area contributed by atoms with E-state index in [2.05, 4.69) is 15.5 Å². The van der Waals surface area contributed by atoms with Crippen LogP contribution < -0.4 is 5.32 Å². The van der Waals surface area contributed by atoms with E-state index in [9.17, 15) is 9.59 Å². The third-order valence-electron chi connectivity index (χ3n) is 3.44. The molecule has 1 fully saturated rings. The number of hydrogen-bond acceptors (Lipinski definition) is 5. The highest BCUT2D eigenvalue weighted by molar-refractivity contribution is 5.85. The van der Waals surface area contributed by atoms with E-state index < -0.39 is 17.8 Å². The van der Waals surface area contributed by atoms with Crippen LogP contribution in [0.3, 0.4) is 0 Å². The predicted molar refractivity (Wildman–Crippen MR) is 63.9 cm³/mol. The molecule has 2 N–H and O–H groups in total. The third kappa shape index (κ3) is 3.10. The molecule has 0 radical (unpaired) electrons. The summed E-state index contributed by atoms with van der Waals surface area (Å²) < 4.78 is 4.88. The average Bonchev–Trinajstić information content (AvgIpc) is 2.92. The minimum Gasteiger partial charge on any atom is -0.481 e. The van der Waals surface area contributed by atoms with Gasteiger partial charge in [-0.1, -0.05) is 12.1 Å². The molecule has 2 rings (SSSR count). The van der Waals surface area contributed by atoms with Crippen LogP contribution in [0.15, 0.2) is 4.52 Å². The van der Waals surface area contributed by atoms with E-state index in [4.69, 9.17) is 9.63 Å². The van der Waals surface area contributed by atoms with Gasteiger partial charge < -0.3 is 14.9 Å². The van der Waals surface area contributed by atoms with Crippen LogP contribution in [0, 0.1) is 24.7 Å². The molecule has 1 amide bonds. The van der Waals surface area contributed by atoms with Gasteiger partial charge in [-0.3, -0.25) is 9.59 Å². The summed E-state index contributed by atoms with van der Waals surface area (Å²) in [4.78, 5) is 27.1. The first-order valence-electron chi connectivity index (χ1n) is 6.27. The van der Waals surface area contributed by atoms with Gasteiger partial charge in [-0.2, -0.15) is 4.98 Å². The molecule has 104 valence electrons. The summed E-state index contributed by atoms with van der Waals surface area (Å²) in [6.45, 7) is 3.79. The van der Waals surface area contributed by atoms with Crippen molar-refractivity contribution < 1.29 is 19.2 Å². The number of carbonyl (C=O) groups excluding carboxylic acids is 1. The highest BCUT2D eigenvalue weighted by Gasteiger charge is 2.41. The number of hydrogen-bond donors (Lipinski definition) is 2. The van der Waals surface area contributed by atoms with Gasteiger partial charge in [0, 0.05) is 0 Å². The number of aryl methyl sites for hydroxylation is 1. The van der Waals surface area contributed by atoms with Crippen molar-refractivity contribution in [1.29, 1.82) is 0 Å². The molecular formula is C12H17N3O4. The van der Waals surface area contributed by atoms with Gasteiger partial charge in [0.1, 0.15) is 0 Å². The summed E-state index contributed by atoms with van der Waals surface area (Å²) in [6, 6.07) is 0. The molecule has 0 aliphatic heterocycles. The van der Waals surface area contributed by atoms with Gasteiger partial charge in [0.15, 0.2) is 5.82 Å². The van der Waals surface area contributed by atoms with Crippen molar-refractivity contribution in [2.45, 2.75) is 33.2 Å². The first-order chi connectivity index (χ1) is 8.97. The highest BCUT2D eigenvalue weighted by atomic mass is 16.5. The monoisotopic (exact) mass is 267 g/mol. The van der Waals surface area contributed by atoms with Crippen molar-refractivity contribution in [3.63, 3.8) is 0 Å². The zero-order valence-electron chi connectivity index (χ0n) is 10.9. The van der Waals surface area contributed by atoms with Crippen LogP contribution in [0.5, 0.6) is 0 Å². The largest absolute Gasteiger partial charge is 0.481 e. The van der Waals surface area contributed by atoms with E-state index >= 15 is 0 Å². The molecule has 7 heteroatoms. The first kappa shape index (κ1) is 13.5. The number of aliphatic carboxylic acids is 1. The molecule has 0 spiro atoms. The fraction of sp³-hybridized carbons (Fsp3) is 0.667. The van der Waals surface area contributed by atoms with Gasteiger partial charge in [-0.05, 0) is 25.7 Å². The Hall–Kier alpha value is -1.92. The molecule has 0 aromatic carbocycles. The van der Waals surface area contributed by atoms with Gasteiger partial charge in [-0.15, -0.1) is 0 Å². The Balaban J connectivity index is 1.93. The molecule has 1 heterocycles. The van der Waals surface area contributed by atoms with Crippen LogP contribution >= 0.6 is 0 Å². The Morgan fingerprint density at radius 2 is 2.11 bits per heavy atom. The lowest BCUT2D eigenvalue weighted by Crippen LogP contribution is -2.35. The first-order valence-corrected chi connectivity index (χ1v) is 6.27. The van der Waals surface area contributed by atoms with Gasteiger partial charge in [0.05, 0.1) is 18.4 Å². The fourth-order valence-electron chi connectivity index (χ4n) is 2.56. The molecule has 1 saturated carbocycles. The zero-order chi connectivity index (χ0) is 14.0. The lowest BCUT2D eigenvalue weighted by molar-refractivity contribution is -0.146. The number of nitrogens with one attached hydrogen (secondary N) is 1. The smallest absolute Gasteiger partial charge is 0.307 e.